The number of aryl methyl sites for hydroxylation is 1. The average molecular weight is 537 g/mol. The minimum Gasteiger partial charge on any atom is -0.352 e. The number of rotatable bonds is 7. The van der Waals surface area contributed by atoms with Gasteiger partial charge in [-0.15, -0.1) is 0 Å². The normalized spacial score (nSPS) is 16.8. The lowest BCUT2D eigenvalue weighted by Gasteiger charge is -2.14. The van der Waals surface area contributed by atoms with Gasteiger partial charge in [-0.05, 0) is 18.2 Å². The lowest BCUT2D eigenvalue weighted by Crippen LogP contribution is -2.18. The van der Waals surface area contributed by atoms with Crippen LogP contribution in [0.5, 0.6) is 0 Å². The summed E-state index contributed by atoms with van der Waals surface area (Å²) in [5.41, 5.74) is 0.914. The molecule has 0 saturated heterocycles. The Bertz CT molecular complexity index is 1650. The number of benzene rings is 1. The van der Waals surface area contributed by atoms with Crippen molar-refractivity contribution < 1.29 is 30.8 Å². The second-order valence-electron chi connectivity index (χ2n) is 8.66. The van der Waals surface area contributed by atoms with Gasteiger partial charge in [0.1, 0.15) is 17.3 Å². The molecule has 1 atom stereocenters. The van der Waals surface area contributed by atoms with Crippen LogP contribution in [0.15, 0.2) is 41.4 Å². The molecule has 3 N–H and O–H groups in total. The van der Waals surface area contributed by atoms with E-state index in [4.69, 9.17) is 0 Å². The van der Waals surface area contributed by atoms with Gasteiger partial charge in [-0.1, -0.05) is 6.07 Å². The number of imidazole rings is 1. The molecule has 0 bridgehead atoms. The largest absolute Gasteiger partial charge is 0.352 e. The summed E-state index contributed by atoms with van der Waals surface area (Å²) in [6.45, 7) is 0. The Balaban J connectivity index is 1.57. The molecular formula is C22H19F4N7O3S. The van der Waals surface area contributed by atoms with Crippen LogP contribution in [0, 0.1) is 5.92 Å². The number of amides is 1. The predicted octanol–water partition coefficient (Wildman–Crippen LogP) is 4.04. The second kappa shape index (κ2) is 8.54. The number of nitrogens with zero attached hydrogens (tertiary/aromatic N) is 4. The molecule has 4 aromatic rings. The van der Waals surface area contributed by atoms with Crippen molar-refractivity contribution in [2.75, 3.05) is 16.9 Å². The first-order chi connectivity index (χ1) is 17.3. The summed E-state index contributed by atoms with van der Waals surface area (Å²) in [5, 5.41) is 9.38. The number of anilines is 3. The van der Waals surface area contributed by atoms with Crippen molar-refractivity contribution in [2.45, 2.75) is 23.7 Å². The number of fused-ring (bicyclic) bond motifs is 1. The fraction of sp³-hybridized carbons (Fsp3) is 0.273. The number of nitrogens with one attached hydrogen (secondary N) is 3. The molecule has 5 rings (SSSR count). The minimum atomic E-state index is -3.80. The van der Waals surface area contributed by atoms with Gasteiger partial charge in [0.25, 0.3) is 12.3 Å². The van der Waals surface area contributed by atoms with Crippen LogP contribution < -0.4 is 10.6 Å². The van der Waals surface area contributed by atoms with Crippen molar-refractivity contribution in [2.24, 2.45) is 13.0 Å². The van der Waals surface area contributed by atoms with E-state index in [-0.39, 0.29) is 33.3 Å². The molecule has 3 aromatic heterocycles. The van der Waals surface area contributed by atoms with Crippen LogP contribution in [0.3, 0.4) is 0 Å². The molecule has 10 nitrogen and oxygen atoms in total. The quantitative estimate of drug-likeness (QED) is 0.303. The Morgan fingerprint density at radius 2 is 1.92 bits per heavy atom. The van der Waals surface area contributed by atoms with E-state index in [9.17, 15) is 30.8 Å². The molecule has 0 aliphatic heterocycles. The van der Waals surface area contributed by atoms with Gasteiger partial charge in [0.2, 0.25) is 5.91 Å². The van der Waals surface area contributed by atoms with Crippen LogP contribution in [0.1, 0.15) is 18.7 Å². The standard InChI is InChI=1S/C22H19F4N7O3S/c1-33-6-5-12(32-33)10-3-4-13(15(7-10)37(2,35)36)27-14-8-16(29-21(34)11-9-22(11,25)26)28-19-17(14)30-20(31-19)18(23)24/h3-8,11,18H,9H2,1-2H3,(H3,27,28,29,30,31,34)/t11-/m1/s1. The van der Waals surface area contributed by atoms with Crippen molar-refractivity contribution in [3.8, 4) is 11.3 Å². The van der Waals surface area contributed by atoms with Crippen LogP contribution in [0.2, 0.25) is 0 Å². The number of carbonyl (C=O) groups is 1. The average Bonchev–Trinajstić information content (AvgIpc) is 3.14. The van der Waals surface area contributed by atoms with Gasteiger partial charge in [-0.2, -0.15) is 5.10 Å². The number of aromatic amines is 1. The highest BCUT2D eigenvalue weighted by atomic mass is 32.2. The summed E-state index contributed by atoms with van der Waals surface area (Å²) in [5.74, 6) is -6.54. The van der Waals surface area contributed by atoms with E-state index in [1.165, 1.54) is 18.2 Å². The molecule has 1 aliphatic carbocycles. The van der Waals surface area contributed by atoms with Gasteiger partial charge < -0.3 is 15.6 Å². The molecule has 194 valence electrons. The predicted molar refractivity (Wildman–Crippen MR) is 126 cm³/mol. The highest BCUT2D eigenvalue weighted by Gasteiger charge is 2.61. The highest BCUT2D eigenvalue weighted by Crippen LogP contribution is 2.49. The molecule has 15 heteroatoms. The number of hydrogen-bond acceptors (Lipinski definition) is 7. The zero-order valence-electron chi connectivity index (χ0n) is 19.3. The van der Waals surface area contributed by atoms with Crippen molar-refractivity contribution in [3.05, 3.63) is 42.4 Å². The fourth-order valence-electron chi connectivity index (χ4n) is 3.79. The smallest absolute Gasteiger partial charge is 0.295 e. The van der Waals surface area contributed by atoms with Crippen molar-refractivity contribution in [1.82, 2.24) is 24.7 Å². The summed E-state index contributed by atoms with van der Waals surface area (Å²) in [7, 11) is -2.09. The first kappa shape index (κ1) is 24.7. The van der Waals surface area contributed by atoms with E-state index in [1.54, 1.807) is 30.1 Å². The number of pyridine rings is 1. The number of hydrogen-bond donors (Lipinski definition) is 3. The van der Waals surface area contributed by atoms with Gasteiger partial charge in [0, 0.05) is 37.6 Å². The Hall–Kier alpha value is -4.01. The van der Waals surface area contributed by atoms with Crippen molar-refractivity contribution >= 4 is 44.1 Å². The third-order valence-electron chi connectivity index (χ3n) is 5.73. The van der Waals surface area contributed by atoms with Crippen LogP contribution in [0.25, 0.3) is 22.4 Å². The van der Waals surface area contributed by atoms with Crippen molar-refractivity contribution in [3.63, 3.8) is 0 Å². The molecule has 1 amide bonds. The maximum Gasteiger partial charge on any atom is 0.295 e. The molecule has 1 fully saturated rings. The van der Waals surface area contributed by atoms with Crippen LogP contribution in [-0.2, 0) is 21.7 Å². The van der Waals surface area contributed by atoms with E-state index in [2.05, 4.69) is 30.7 Å². The Morgan fingerprint density at radius 1 is 1.19 bits per heavy atom. The molecule has 1 saturated carbocycles. The lowest BCUT2D eigenvalue weighted by molar-refractivity contribution is -0.119. The monoisotopic (exact) mass is 537 g/mol. The molecule has 0 spiro atoms. The summed E-state index contributed by atoms with van der Waals surface area (Å²) in [6, 6.07) is 7.40. The van der Waals surface area contributed by atoms with Gasteiger partial charge in [-0.3, -0.25) is 9.48 Å². The minimum absolute atomic E-state index is 0.0153. The number of H-pyrrole nitrogens is 1. The van der Waals surface area contributed by atoms with Crippen LogP contribution in [0.4, 0.5) is 34.8 Å². The Labute approximate surface area is 207 Å². The first-order valence-electron chi connectivity index (χ1n) is 10.8. The van der Waals surface area contributed by atoms with Crippen LogP contribution in [-0.4, -0.2) is 51.2 Å². The third-order valence-corrected chi connectivity index (χ3v) is 6.87. The number of sulfone groups is 1. The molecule has 0 radical (unpaired) electrons. The summed E-state index contributed by atoms with van der Waals surface area (Å²) in [4.78, 5) is 22.2. The fourth-order valence-corrected chi connectivity index (χ4v) is 4.65. The molecule has 37 heavy (non-hydrogen) atoms. The van der Waals surface area contributed by atoms with Gasteiger partial charge in [-0.25, -0.2) is 35.9 Å². The van der Waals surface area contributed by atoms with E-state index in [0.717, 1.165) is 6.26 Å². The van der Waals surface area contributed by atoms with E-state index in [1.807, 2.05) is 0 Å². The van der Waals surface area contributed by atoms with Crippen molar-refractivity contribution in [1.29, 1.82) is 0 Å². The topological polar surface area (TPSA) is 135 Å². The zero-order chi connectivity index (χ0) is 26.7. The summed E-state index contributed by atoms with van der Waals surface area (Å²) >= 11 is 0. The molecule has 0 unspecified atom stereocenters. The highest BCUT2D eigenvalue weighted by molar-refractivity contribution is 7.90. The molecular weight excluding hydrogens is 518 g/mol. The first-order valence-corrected chi connectivity index (χ1v) is 12.7. The van der Waals surface area contributed by atoms with Gasteiger partial charge in [0.05, 0.1) is 22.0 Å². The number of aromatic nitrogens is 5. The Kier molecular flexibility index (Phi) is 5.69. The Morgan fingerprint density at radius 3 is 2.51 bits per heavy atom. The second-order valence-corrected chi connectivity index (χ2v) is 10.6. The van der Waals surface area contributed by atoms with Gasteiger partial charge >= 0.3 is 0 Å². The lowest BCUT2D eigenvalue weighted by atomic mass is 10.1. The number of carbonyl (C=O) groups excluding carboxylic acids is 1. The van der Waals surface area contributed by atoms with Crippen LogP contribution >= 0.6 is 0 Å². The molecule has 1 aliphatic rings. The zero-order valence-corrected chi connectivity index (χ0v) is 20.1. The number of halogens is 4. The van der Waals surface area contributed by atoms with E-state index >= 15 is 0 Å². The molecule has 3 heterocycles. The summed E-state index contributed by atoms with van der Waals surface area (Å²) in [6.07, 6.45) is -0.884. The maximum absolute atomic E-state index is 13.3. The molecule has 1 aromatic carbocycles. The van der Waals surface area contributed by atoms with E-state index in [0.29, 0.717) is 11.3 Å². The SMILES string of the molecule is Cn1ccc(-c2ccc(Nc3cc(NC(=O)[C@H]4CC4(F)F)nc4[nH]c(C(F)F)nc34)c(S(C)(=O)=O)c2)n1. The third kappa shape index (κ3) is 4.85. The number of alkyl halides is 4. The van der Waals surface area contributed by atoms with E-state index < -0.39 is 46.3 Å². The maximum atomic E-state index is 13.3. The van der Waals surface area contributed by atoms with Gasteiger partial charge in [0.15, 0.2) is 21.3 Å². The summed E-state index contributed by atoms with van der Waals surface area (Å²) < 4.78 is 80.1.